The van der Waals surface area contributed by atoms with E-state index in [1.165, 1.54) is 6.33 Å². The highest BCUT2D eigenvalue weighted by atomic mass is 31.2. The SMILES string of the molecule is Nc1ncnc2c1ncn2CCOCP(=O)(N1CCOCC1)N1CCOCC1. The maximum absolute atomic E-state index is 13.9. The van der Waals surface area contributed by atoms with Crippen molar-refractivity contribution in [3.8, 4) is 0 Å². The van der Waals surface area contributed by atoms with Crippen molar-refractivity contribution in [3.05, 3.63) is 12.7 Å². The largest absolute Gasteiger partial charge is 0.382 e. The number of rotatable bonds is 7. The molecule has 2 aromatic rings. The summed E-state index contributed by atoms with van der Waals surface area (Å²) in [5.74, 6) is 0.355. The minimum absolute atomic E-state index is 0.177. The zero-order chi connectivity index (χ0) is 19.4. The first-order chi connectivity index (χ1) is 13.7. The third kappa shape index (κ3) is 4.05. The topological polar surface area (TPSA) is 121 Å². The summed E-state index contributed by atoms with van der Waals surface area (Å²) in [5, 5.41) is 0. The third-order valence-electron chi connectivity index (χ3n) is 5.02. The summed E-state index contributed by atoms with van der Waals surface area (Å²) >= 11 is 0. The maximum Gasteiger partial charge on any atom is 0.241 e. The Balaban J connectivity index is 1.39. The number of ether oxygens (including phenoxy) is 3. The molecule has 154 valence electrons. The van der Waals surface area contributed by atoms with E-state index in [9.17, 15) is 4.57 Å². The Hall–Kier alpha value is -1.62. The third-order valence-corrected chi connectivity index (χ3v) is 8.11. The average molecular weight is 411 g/mol. The lowest BCUT2D eigenvalue weighted by molar-refractivity contribution is 0.0467. The van der Waals surface area contributed by atoms with Gasteiger partial charge in [-0.15, -0.1) is 0 Å². The van der Waals surface area contributed by atoms with Crippen LogP contribution in [0, 0.1) is 0 Å². The van der Waals surface area contributed by atoms with E-state index in [1.54, 1.807) is 6.33 Å². The van der Waals surface area contributed by atoms with Gasteiger partial charge in [-0.2, -0.15) is 0 Å². The second-order valence-corrected chi connectivity index (χ2v) is 9.42. The zero-order valence-electron chi connectivity index (χ0n) is 15.8. The van der Waals surface area contributed by atoms with Crippen LogP contribution in [0.1, 0.15) is 0 Å². The van der Waals surface area contributed by atoms with Gasteiger partial charge in [-0.3, -0.25) is 4.57 Å². The highest BCUT2D eigenvalue weighted by Gasteiger charge is 2.39. The predicted molar refractivity (Wildman–Crippen MR) is 103 cm³/mol. The molecule has 0 bridgehead atoms. The number of hydrogen-bond donors (Lipinski definition) is 1. The zero-order valence-corrected chi connectivity index (χ0v) is 16.7. The smallest absolute Gasteiger partial charge is 0.241 e. The molecule has 0 aromatic carbocycles. The summed E-state index contributed by atoms with van der Waals surface area (Å²) in [6.07, 6.45) is 3.26. The van der Waals surface area contributed by atoms with Crippen molar-refractivity contribution in [1.29, 1.82) is 0 Å². The minimum atomic E-state index is -2.82. The van der Waals surface area contributed by atoms with Gasteiger partial charge in [0.25, 0.3) is 0 Å². The van der Waals surface area contributed by atoms with Crippen LogP contribution >= 0.6 is 7.44 Å². The predicted octanol–water partition coefficient (Wildman–Crippen LogP) is 0.240. The number of nitrogens with two attached hydrogens (primary N) is 1. The van der Waals surface area contributed by atoms with Crippen molar-refractivity contribution in [1.82, 2.24) is 28.9 Å². The lowest BCUT2D eigenvalue weighted by Gasteiger charge is -2.42. The summed E-state index contributed by atoms with van der Waals surface area (Å²) in [6.45, 7) is 5.93. The lowest BCUT2D eigenvalue weighted by atomic mass is 10.5. The molecule has 12 heteroatoms. The van der Waals surface area contributed by atoms with Crippen LogP contribution in [-0.4, -0.2) is 94.4 Å². The molecule has 0 atom stereocenters. The Morgan fingerprint density at radius 1 is 1.04 bits per heavy atom. The molecule has 0 aliphatic carbocycles. The minimum Gasteiger partial charge on any atom is -0.382 e. The summed E-state index contributed by atoms with van der Waals surface area (Å²) in [5.41, 5.74) is 7.07. The second-order valence-electron chi connectivity index (χ2n) is 6.70. The van der Waals surface area contributed by atoms with Crippen LogP contribution in [0.4, 0.5) is 5.82 Å². The van der Waals surface area contributed by atoms with Gasteiger partial charge in [0, 0.05) is 32.7 Å². The Morgan fingerprint density at radius 2 is 1.68 bits per heavy atom. The molecule has 2 aromatic heterocycles. The van der Waals surface area contributed by atoms with Gasteiger partial charge in [-0.25, -0.2) is 24.3 Å². The van der Waals surface area contributed by atoms with Crippen molar-refractivity contribution >= 4 is 24.4 Å². The van der Waals surface area contributed by atoms with Gasteiger partial charge in [-0.1, -0.05) is 0 Å². The number of anilines is 1. The van der Waals surface area contributed by atoms with E-state index in [4.69, 9.17) is 19.9 Å². The molecular formula is C16H26N7O4P. The van der Waals surface area contributed by atoms with Crippen LogP contribution < -0.4 is 5.73 Å². The normalized spacial score (nSPS) is 20.0. The molecule has 0 saturated carbocycles. The summed E-state index contributed by atoms with van der Waals surface area (Å²) in [7, 11) is -2.82. The molecule has 11 nitrogen and oxygen atoms in total. The van der Waals surface area contributed by atoms with E-state index < -0.39 is 7.44 Å². The number of aromatic nitrogens is 4. The van der Waals surface area contributed by atoms with Crippen LogP contribution in [0.5, 0.6) is 0 Å². The molecular weight excluding hydrogens is 385 g/mol. The van der Waals surface area contributed by atoms with Crippen molar-refractivity contribution in [3.63, 3.8) is 0 Å². The molecule has 0 radical (unpaired) electrons. The van der Waals surface area contributed by atoms with Crippen molar-refractivity contribution < 1.29 is 18.8 Å². The number of nitrogens with zero attached hydrogens (tertiary/aromatic N) is 6. The molecule has 2 aliphatic rings. The van der Waals surface area contributed by atoms with E-state index in [0.29, 0.717) is 82.7 Å². The fourth-order valence-corrected chi connectivity index (χ4v) is 6.11. The number of morpholine rings is 2. The monoisotopic (exact) mass is 411 g/mol. The summed E-state index contributed by atoms with van der Waals surface area (Å²) in [6, 6.07) is 0. The van der Waals surface area contributed by atoms with Gasteiger partial charge in [-0.05, 0) is 0 Å². The van der Waals surface area contributed by atoms with Gasteiger partial charge < -0.3 is 24.5 Å². The van der Waals surface area contributed by atoms with Crippen molar-refractivity contribution in [2.45, 2.75) is 6.54 Å². The standard InChI is InChI=1S/C16H26N7O4P/c17-15-14-16(19-11-18-15)21(12-20-14)1-6-27-13-28(24,22-2-7-25-8-3-22)23-4-9-26-10-5-23/h11-12H,1-10,13H2,(H2,17,18,19). The first-order valence-corrected chi connectivity index (χ1v) is 11.2. The molecule has 4 rings (SSSR count). The molecule has 2 aliphatic heterocycles. The molecule has 2 fully saturated rings. The Bertz CT molecular complexity index is 814. The van der Waals surface area contributed by atoms with Crippen LogP contribution in [0.3, 0.4) is 0 Å². The lowest BCUT2D eigenvalue weighted by Crippen LogP contribution is -2.44. The van der Waals surface area contributed by atoms with Gasteiger partial charge in [0.15, 0.2) is 11.5 Å². The fourth-order valence-electron chi connectivity index (χ4n) is 3.48. The quantitative estimate of drug-likeness (QED) is 0.501. The molecule has 2 saturated heterocycles. The molecule has 0 spiro atoms. The van der Waals surface area contributed by atoms with Gasteiger partial charge in [0.05, 0.1) is 39.4 Å². The summed E-state index contributed by atoms with van der Waals surface area (Å²) < 4.78 is 36.6. The number of imidazole rings is 1. The molecule has 4 heterocycles. The maximum atomic E-state index is 13.9. The van der Waals surface area contributed by atoms with Gasteiger partial charge in [0.2, 0.25) is 7.44 Å². The average Bonchev–Trinajstić information content (AvgIpc) is 3.17. The van der Waals surface area contributed by atoms with Crippen LogP contribution in [-0.2, 0) is 25.3 Å². The Morgan fingerprint density at radius 3 is 2.32 bits per heavy atom. The van der Waals surface area contributed by atoms with Crippen molar-refractivity contribution in [2.24, 2.45) is 0 Å². The van der Waals surface area contributed by atoms with Gasteiger partial charge in [0.1, 0.15) is 18.2 Å². The number of fused-ring (bicyclic) bond motifs is 1. The molecule has 2 N–H and O–H groups in total. The van der Waals surface area contributed by atoms with E-state index in [2.05, 4.69) is 15.0 Å². The number of hydrogen-bond acceptors (Lipinski definition) is 8. The van der Waals surface area contributed by atoms with Crippen LogP contribution in [0.2, 0.25) is 0 Å². The Labute approximate surface area is 163 Å². The molecule has 28 heavy (non-hydrogen) atoms. The van der Waals surface area contributed by atoms with E-state index >= 15 is 0 Å². The Kier molecular flexibility index (Phi) is 6.19. The van der Waals surface area contributed by atoms with Gasteiger partial charge >= 0.3 is 0 Å². The molecule has 0 unspecified atom stereocenters. The second kappa shape index (κ2) is 8.81. The number of nitrogen functional groups attached to an aromatic ring is 1. The van der Waals surface area contributed by atoms with E-state index in [1.807, 2.05) is 13.9 Å². The first kappa shape index (κ1) is 19.7. The first-order valence-electron chi connectivity index (χ1n) is 9.43. The highest BCUT2D eigenvalue weighted by molar-refractivity contribution is 7.58. The van der Waals surface area contributed by atoms with Crippen LogP contribution in [0.25, 0.3) is 11.2 Å². The van der Waals surface area contributed by atoms with Crippen LogP contribution in [0.15, 0.2) is 12.7 Å². The van der Waals surface area contributed by atoms with E-state index in [-0.39, 0.29) is 6.35 Å². The highest BCUT2D eigenvalue weighted by Crippen LogP contribution is 2.53. The molecule has 0 amide bonds. The van der Waals surface area contributed by atoms with Crippen molar-refractivity contribution in [2.75, 3.05) is 71.3 Å². The van der Waals surface area contributed by atoms with E-state index in [0.717, 1.165) is 0 Å². The summed E-state index contributed by atoms with van der Waals surface area (Å²) in [4.78, 5) is 12.4. The fraction of sp³-hybridized carbons (Fsp3) is 0.688.